The zero-order chi connectivity index (χ0) is 26.2. The van der Waals surface area contributed by atoms with E-state index in [4.69, 9.17) is 0 Å². The molecule has 0 bridgehead atoms. The van der Waals surface area contributed by atoms with E-state index in [9.17, 15) is 18.0 Å². The maximum absolute atomic E-state index is 13.8. The van der Waals surface area contributed by atoms with Crippen LogP contribution in [0.25, 0.3) is 0 Å². The van der Waals surface area contributed by atoms with Gasteiger partial charge in [0.1, 0.15) is 12.6 Å². The van der Waals surface area contributed by atoms with Gasteiger partial charge in [-0.2, -0.15) is 0 Å². The van der Waals surface area contributed by atoms with Gasteiger partial charge in [-0.1, -0.05) is 76.2 Å². The third kappa shape index (κ3) is 7.82. The molecule has 0 heterocycles. The number of benzene rings is 2. The van der Waals surface area contributed by atoms with E-state index in [-0.39, 0.29) is 31.0 Å². The number of amides is 2. The van der Waals surface area contributed by atoms with E-state index in [1.807, 2.05) is 77.1 Å². The van der Waals surface area contributed by atoms with E-state index in [0.29, 0.717) is 12.1 Å². The molecule has 0 aliphatic rings. The number of carbonyl (C=O) groups is 2. The summed E-state index contributed by atoms with van der Waals surface area (Å²) < 4.78 is 26.9. The lowest BCUT2D eigenvalue weighted by molar-refractivity contribution is -0.140. The van der Waals surface area contributed by atoms with Crippen LogP contribution in [0.2, 0.25) is 0 Å². The van der Waals surface area contributed by atoms with Gasteiger partial charge in [0.05, 0.1) is 11.9 Å². The first kappa shape index (κ1) is 28.4. The fourth-order valence-electron chi connectivity index (χ4n) is 3.94. The first-order valence-electron chi connectivity index (χ1n) is 12.2. The van der Waals surface area contributed by atoms with Gasteiger partial charge in [-0.3, -0.25) is 13.9 Å². The molecule has 2 aromatic carbocycles. The molecule has 7 nitrogen and oxygen atoms in total. The zero-order valence-corrected chi connectivity index (χ0v) is 22.5. The molecule has 0 spiro atoms. The van der Waals surface area contributed by atoms with Gasteiger partial charge in [0, 0.05) is 12.6 Å². The van der Waals surface area contributed by atoms with Crippen molar-refractivity contribution in [2.45, 2.75) is 72.0 Å². The smallest absolute Gasteiger partial charge is 0.244 e. The molecule has 192 valence electrons. The fraction of sp³-hybridized carbons (Fsp3) is 0.481. The summed E-state index contributed by atoms with van der Waals surface area (Å²) in [5.41, 5.74) is 2.18. The summed E-state index contributed by atoms with van der Waals surface area (Å²) in [6.07, 6.45) is 2.27. The van der Waals surface area contributed by atoms with E-state index in [0.717, 1.165) is 28.1 Å². The van der Waals surface area contributed by atoms with Crippen molar-refractivity contribution in [3.63, 3.8) is 0 Å². The monoisotopic (exact) mass is 501 g/mol. The molecule has 1 N–H and O–H groups in total. The highest BCUT2D eigenvalue weighted by atomic mass is 32.2. The third-order valence-electron chi connectivity index (χ3n) is 6.09. The minimum atomic E-state index is -3.77. The van der Waals surface area contributed by atoms with Crippen molar-refractivity contribution in [1.82, 2.24) is 10.2 Å². The maximum atomic E-state index is 13.8. The Hall–Kier alpha value is -2.87. The van der Waals surface area contributed by atoms with Gasteiger partial charge in [0.15, 0.2) is 0 Å². The van der Waals surface area contributed by atoms with E-state index in [1.54, 1.807) is 12.1 Å². The van der Waals surface area contributed by atoms with Crippen molar-refractivity contribution in [2.24, 2.45) is 0 Å². The summed E-state index contributed by atoms with van der Waals surface area (Å²) >= 11 is 0. The molecule has 2 aromatic rings. The molecular weight excluding hydrogens is 462 g/mol. The van der Waals surface area contributed by atoms with Crippen molar-refractivity contribution in [2.75, 3.05) is 17.1 Å². The lowest BCUT2D eigenvalue weighted by atomic mass is 10.0. The number of anilines is 1. The number of para-hydroxylation sites is 1. The second-order valence-electron chi connectivity index (χ2n) is 9.23. The van der Waals surface area contributed by atoms with Gasteiger partial charge in [-0.15, -0.1) is 0 Å². The van der Waals surface area contributed by atoms with Crippen molar-refractivity contribution in [3.8, 4) is 0 Å². The number of nitrogens with zero attached hydrogens (tertiary/aromatic N) is 2. The lowest BCUT2D eigenvalue weighted by Crippen LogP contribution is -2.53. The summed E-state index contributed by atoms with van der Waals surface area (Å²) in [6.45, 7) is 9.54. The fourth-order valence-corrected chi connectivity index (χ4v) is 4.81. The quantitative estimate of drug-likeness (QED) is 0.470. The van der Waals surface area contributed by atoms with E-state index >= 15 is 0 Å². The molecule has 2 atom stereocenters. The number of nitrogens with one attached hydrogen (secondary N) is 1. The summed E-state index contributed by atoms with van der Waals surface area (Å²) in [5.74, 6) is -0.598. The molecule has 2 amide bonds. The zero-order valence-electron chi connectivity index (χ0n) is 21.7. The lowest BCUT2D eigenvalue weighted by Gasteiger charge is -2.34. The summed E-state index contributed by atoms with van der Waals surface area (Å²) in [4.78, 5) is 28.4. The Balaban J connectivity index is 2.48. The van der Waals surface area contributed by atoms with Crippen LogP contribution in [-0.2, 0) is 26.2 Å². The topological polar surface area (TPSA) is 86.8 Å². The molecule has 8 heteroatoms. The molecule has 0 aliphatic heterocycles. The van der Waals surface area contributed by atoms with Crippen molar-refractivity contribution < 1.29 is 18.0 Å². The number of carbonyl (C=O) groups excluding carboxylic acids is 2. The molecule has 0 unspecified atom stereocenters. The molecule has 0 radical (unpaired) electrons. The average molecular weight is 502 g/mol. The van der Waals surface area contributed by atoms with Gasteiger partial charge >= 0.3 is 0 Å². The van der Waals surface area contributed by atoms with Crippen LogP contribution in [0.4, 0.5) is 5.69 Å². The number of hydrogen-bond donors (Lipinski definition) is 1. The molecule has 35 heavy (non-hydrogen) atoms. The van der Waals surface area contributed by atoms with E-state index < -0.39 is 22.0 Å². The van der Waals surface area contributed by atoms with Crippen molar-refractivity contribution in [3.05, 3.63) is 65.7 Å². The Morgan fingerprint density at radius 3 is 2.06 bits per heavy atom. The number of hydrogen-bond acceptors (Lipinski definition) is 4. The molecule has 0 aliphatic carbocycles. The van der Waals surface area contributed by atoms with Crippen LogP contribution in [0.5, 0.6) is 0 Å². The highest BCUT2D eigenvalue weighted by Crippen LogP contribution is 2.29. The standard InChI is InChI=1S/C27H39N3O4S/c1-7-21(5)28-27(32)24(8-2)29(18-22-14-10-9-11-15-22)26(31)19-30(35(6,33)34)25-17-13-12-16-23(25)20(3)4/h9-17,20-21,24H,7-8,18-19H2,1-6H3,(H,28,32)/t21-,24-/m1/s1. The predicted octanol–water partition coefficient (Wildman–Crippen LogP) is 4.30. The van der Waals surface area contributed by atoms with Crippen molar-refractivity contribution >= 4 is 27.5 Å². The van der Waals surface area contributed by atoms with Gasteiger partial charge < -0.3 is 10.2 Å². The van der Waals surface area contributed by atoms with Crippen molar-refractivity contribution in [1.29, 1.82) is 0 Å². The van der Waals surface area contributed by atoms with E-state index in [1.165, 1.54) is 4.90 Å². The van der Waals surface area contributed by atoms with Gasteiger partial charge in [-0.05, 0) is 42.9 Å². The Labute approximate surface area is 210 Å². The Morgan fingerprint density at radius 2 is 1.51 bits per heavy atom. The minimum absolute atomic E-state index is 0.0318. The van der Waals surface area contributed by atoms with Crippen LogP contribution in [0.3, 0.4) is 0 Å². The van der Waals surface area contributed by atoms with Crippen LogP contribution >= 0.6 is 0 Å². The van der Waals surface area contributed by atoms with Crippen LogP contribution in [0.15, 0.2) is 54.6 Å². The highest BCUT2D eigenvalue weighted by molar-refractivity contribution is 7.92. The minimum Gasteiger partial charge on any atom is -0.352 e. The van der Waals surface area contributed by atoms with Crippen LogP contribution in [0, 0.1) is 0 Å². The SMILES string of the molecule is CC[C@@H](C)NC(=O)[C@@H](CC)N(Cc1ccccc1)C(=O)CN(c1ccccc1C(C)C)S(C)(=O)=O. The second kappa shape index (κ2) is 12.7. The predicted molar refractivity (Wildman–Crippen MR) is 142 cm³/mol. The summed E-state index contributed by atoms with van der Waals surface area (Å²) in [5, 5.41) is 2.98. The molecule has 0 saturated carbocycles. The van der Waals surface area contributed by atoms with Crippen LogP contribution < -0.4 is 9.62 Å². The maximum Gasteiger partial charge on any atom is 0.244 e. The normalized spacial score (nSPS) is 13.2. The summed E-state index contributed by atoms with van der Waals surface area (Å²) in [7, 11) is -3.77. The first-order valence-corrected chi connectivity index (χ1v) is 14.0. The Kier molecular flexibility index (Phi) is 10.3. The van der Waals surface area contributed by atoms with Crippen LogP contribution in [0.1, 0.15) is 64.5 Å². The molecule has 0 saturated heterocycles. The summed E-state index contributed by atoms with van der Waals surface area (Å²) in [6, 6.07) is 15.9. The van der Waals surface area contributed by atoms with E-state index in [2.05, 4.69) is 5.32 Å². The molecular formula is C27H39N3O4S. The van der Waals surface area contributed by atoms with Gasteiger partial charge in [-0.25, -0.2) is 8.42 Å². The van der Waals surface area contributed by atoms with Gasteiger partial charge in [0.25, 0.3) is 0 Å². The molecule has 0 aromatic heterocycles. The number of sulfonamides is 1. The van der Waals surface area contributed by atoms with Crippen LogP contribution in [-0.4, -0.2) is 50.0 Å². The van der Waals surface area contributed by atoms with Gasteiger partial charge in [0.2, 0.25) is 21.8 Å². The first-order chi connectivity index (χ1) is 16.5. The molecule has 0 fully saturated rings. The largest absolute Gasteiger partial charge is 0.352 e. The Morgan fingerprint density at radius 1 is 0.914 bits per heavy atom. The Bertz CT molecular complexity index is 1090. The molecule has 2 rings (SSSR count). The highest BCUT2D eigenvalue weighted by Gasteiger charge is 2.32. The third-order valence-corrected chi connectivity index (χ3v) is 7.22. The average Bonchev–Trinajstić information content (AvgIpc) is 2.82. The second-order valence-corrected chi connectivity index (χ2v) is 11.1. The number of rotatable bonds is 12.